The number of ether oxygens (including phenoxy) is 1. The predicted molar refractivity (Wildman–Crippen MR) is 230 cm³/mol. The summed E-state index contributed by atoms with van der Waals surface area (Å²) >= 11 is 11.8. The maximum absolute atomic E-state index is 13.5. The van der Waals surface area contributed by atoms with Crippen LogP contribution in [0.2, 0.25) is 10.0 Å². The molecule has 0 radical (unpaired) electrons. The zero-order chi connectivity index (χ0) is 43.9. The Labute approximate surface area is 358 Å². The number of alkyl halides is 3. The van der Waals surface area contributed by atoms with Crippen LogP contribution in [0.3, 0.4) is 0 Å². The average Bonchev–Trinajstić information content (AvgIpc) is 3.22. The minimum atomic E-state index is -4.38. The first-order valence-electron chi connectivity index (χ1n) is 18.3. The number of rotatable bonds is 11. The molecular weight excluding hydrogens is 837 g/mol. The summed E-state index contributed by atoms with van der Waals surface area (Å²) in [6, 6.07) is 40.1. The summed E-state index contributed by atoms with van der Waals surface area (Å²) in [7, 11) is 0. The molecular formula is C46H39Cl2F4N3O6. The van der Waals surface area contributed by atoms with Crippen LogP contribution in [0.15, 0.2) is 152 Å². The van der Waals surface area contributed by atoms with E-state index in [4.69, 9.17) is 38.2 Å². The summed E-state index contributed by atoms with van der Waals surface area (Å²) in [4.78, 5) is 0. The van der Waals surface area contributed by atoms with E-state index in [2.05, 4.69) is 16.0 Å². The van der Waals surface area contributed by atoms with Crippen molar-refractivity contribution < 1.29 is 47.8 Å². The van der Waals surface area contributed by atoms with E-state index in [1.54, 1.807) is 30.3 Å². The molecule has 0 aliphatic carbocycles. The highest BCUT2D eigenvalue weighted by atomic mass is 35.5. The number of phenolic OH excluding ortho intramolecular Hbond substituents is 5. The van der Waals surface area contributed by atoms with Crippen molar-refractivity contribution in [2.24, 2.45) is 0 Å². The quantitative estimate of drug-likeness (QED) is 0.0361. The SMILES string of the molecule is Oc1ccc(NCc2c(F)cccc2Cl)c(O)c1.Oc1ccc(NCc2cccc(C(F)(F)F)c2)c(O)c1.Oc1ccc(NCc2cccc(Oc3ccccc3)c2)cc1Cl. The highest BCUT2D eigenvalue weighted by molar-refractivity contribution is 6.32. The number of nitrogens with one attached hydrogen (secondary N) is 3. The third kappa shape index (κ3) is 14.1. The Kier molecular flexibility index (Phi) is 15.8. The maximum atomic E-state index is 13.5. The molecule has 0 aliphatic heterocycles. The van der Waals surface area contributed by atoms with Crippen LogP contribution in [0, 0.1) is 5.82 Å². The topological polar surface area (TPSA) is 146 Å². The van der Waals surface area contributed by atoms with Gasteiger partial charge in [-0.15, -0.1) is 0 Å². The summed E-state index contributed by atoms with van der Waals surface area (Å²) in [5.74, 6) is 0.861. The standard InChI is InChI=1S/C19H16ClNO2.C14H12F3NO2.C13H11ClFNO2/c20-18-12-15(9-10-19(18)22)21-13-14-5-4-8-17(11-14)23-16-6-2-1-3-7-16;15-14(16,17)10-3-1-2-9(6-10)8-18-12-5-4-11(19)7-13(12)20;14-10-2-1-3-11(15)9(10)7-16-12-5-4-8(17)6-13(12)18/h1-12,21-22H,13H2;1-7,18-20H,8H2;1-6,16-18H,7H2. The second kappa shape index (κ2) is 21.3. The zero-order valence-corrected chi connectivity index (χ0v) is 33.5. The van der Waals surface area contributed by atoms with E-state index in [1.807, 2.05) is 54.6 Å². The van der Waals surface area contributed by atoms with Crippen molar-refractivity contribution in [3.05, 3.63) is 190 Å². The third-order valence-electron chi connectivity index (χ3n) is 8.54. The van der Waals surface area contributed by atoms with Crippen molar-refractivity contribution >= 4 is 40.3 Å². The number of hydrogen-bond donors (Lipinski definition) is 8. The normalized spacial score (nSPS) is 10.7. The Bertz CT molecular complexity index is 2510. The average molecular weight is 877 g/mol. The minimum absolute atomic E-state index is 0.0398. The number of hydrogen-bond acceptors (Lipinski definition) is 9. The van der Waals surface area contributed by atoms with Crippen LogP contribution in [0.1, 0.15) is 22.3 Å². The number of para-hydroxylation sites is 1. The van der Waals surface area contributed by atoms with E-state index >= 15 is 0 Å². The summed E-state index contributed by atoms with van der Waals surface area (Å²) in [6.07, 6.45) is -4.38. The molecule has 0 saturated heterocycles. The van der Waals surface area contributed by atoms with Gasteiger partial charge in [-0.2, -0.15) is 13.2 Å². The lowest BCUT2D eigenvalue weighted by atomic mass is 10.1. The Morgan fingerprint density at radius 2 is 1.07 bits per heavy atom. The largest absolute Gasteiger partial charge is 0.508 e. The molecule has 0 spiro atoms. The Morgan fingerprint density at radius 3 is 1.67 bits per heavy atom. The predicted octanol–water partition coefficient (Wildman–Crippen LogP) is 12.7. The van der Waals surface area contributed by atoms with Gasteiger partial charge in [0.1, 0.15) is 46.1 Å². The van der Waals surface area contributed by atoms with Crippen LogP contribution in [-0.2, 0) is 25.8 Å². The van der Waals surface area contributed by atoms with Gasteiger partial charge in [-0.05, 0) is 102 Å². The van der Waals surface area contributed by atoms with Crippen LogP contribution in [0.5, 0.6) is 40.2 Å². The van der Waals surface area contributed by atoms with Crippen LogP contribution in [0.25, 0.3) is 0 Å². The smallest absolute Gasteiger partial charge is 0.416 e. The lowest BCUT2D eigenvalue weighted by Gasteiger charge is -2.11. The molecule has 9 nitrogen and oxygen atoms in total. The van der Waals surface area contributed by atoms with Crippen LogP contribution in [0.4, 0.5) is 34.6 Å². The van der Waals surface area contributed by atoms with Crippen molar-refractivity contribution in [2.75, 3.05) is 16.0 Å². The number of benzene rings is 7. The van der Waals surface area contributed by atoms with Gasteiger partial charge in [0.15, 0.2) is 0 Å². The Hall–Kier alpha value is -6.96. The Morgan fingerprint density at radius 1 is 0.492 bits per heavy atom. The van der Waals surface area contributed by atoms with E-state index < -0.39 is 17.6 Å². The highest BCUT2D eigenvalue weighted by Gasteiger charge is 2.30. The molecule has 0 unspecified atom stereocenters. The third-order valence-corrected chi connectivity index (χ3v) is 9.20. The van der Waals surface area contributed by atoms with Gasteiger partial charge in [0.25, 0.3) is 0 Å². The molecule has 7 rings (SSSR count). The van der Waals surface area contributed by atoms with E-state index in [9.17, 15) is 32.9 Å². The number of anilines is 3. The fourth-order valence-corrected chi connectivity index (χ4v) is 5.85. The second-order valence-electron chi connectivity index (χ2n) is 13.1. The van der Waals surface area contributed by atoms with Gasteiger partial charge in [0.05, 0.1) is 22.0 Å². The molecule has 7 aromatic rings. The van der Waals surface area contributed by atoms with E-state index in [0.29, 0.717) is 39.1 Å². The zero-order valence-electron chi connectivity index (χ0n) is 32.0. The molecule has 15 heteroatoms. The molecule has 0 aromatic heterocycles. The molecule has 0 fully saturated rings. The Balaban J connectivity index is 0.000000175. The van der Waals surface area contributed by atoms with Crippen molar-refractivity contribution in [2.45, 2.75) is 25.8 Å². The highest BCUT2D eigenvalue weighted by Crippen LogP contribution is 2.32. The van der Waals surface area contributed by atoms with E-state index in [1.165, 1.54) is 48.5 Å². The first kappa shape index (κ1) is 45.1. The summed E-state index contributed by atoms with van der Waals surface area (Å²) in [6.45, 7) is 0.902. The minimum Gasteiger partial charge on any atom is -0.508 e. The molecule has 0 saturated carbocycles. The lowest BCUT2D eigenvalue weighted by Crippen LogP contribution is -2.06. The van der Waals surface area contributed by atoms with Crippen molar-refractivity contribution in [3.8, 4) is 40.2 Å². The van der Waals surface area contributed by atoms with E-state index in [-0.39, 0.29) is 41.8 Å². The van der Waals surface area contributed by atoms with Crippen molar-refractivity contribution in [3.63, 3.8) is 0 Å². The molecule has 0 aliphatic rings. The first-order valence-corrected chi connectivity index (χ1v) is 19.0. The number of aromatic hydroxyl groups is 5. The number of phenols is 5. The van der Waals surface area contributed by atoms with Gasteiger partial charge in [-0.25, -0.2) is 4.39 Å². The molecule has 0 bridgehead atoms. The molecule has 61 heavy (non-hydrogen) atoms. The van der Waals surface area contributed by atoms with Gasteiger partial charge in [-0.1, -0.05) is 71.7 Å². The molecule has 0 atom stereocenters. The van der Waals surface area contributed by atoms with Crippen molar-refractivity contribution in [1.82, 2.24) is 0 Å². The molecule has 8 N–H and O–H groups in total. The van der Waals surface area contributed by atoms with Gasteiger partial charge in [-0.3, -0.25) is 0 Å². The fourth-order valence-electron chi connectivity index (χ4n) is 5.44. The molecule has 0 amide bonds. The summed E-state index contributed by atoms with van der Waals surface area (Å²) in [5.41, 5.74) is 2.71. The van der Waals surface area contributed by atoms with Gasteiger partial charge in [0.2, 0.25) is 0 Å². The fraction of sp³-hybridized carbons (Fsp3) is 0.0870. The summed E-state index contributed by atoms with van der Waals surface area (Å²) < 4.78 is 57.0. The van der Waals surface area contributed by atoms with Crippen molar-refractivity contribution in [1.29, 1.82) is 0 Å². The summed E-state index contributed by atoms with van der Waals surface area (Å²) in [5, 5.41) is 56.4. The molecule has 316 valence electrons. The van der Waals surface area contributed by atoms with Gasteiger partial charge < -0.3 is 46.2 Å². The molecule has 0 heterocycles. The molecule has 7 aromatic carbocycles. The first-order chi connectivity index (χ1) is 29.1. The monoisotopic (exact) mass is 875 g/mol. The number of halogens is 6. The van der Waals surface area contributed by atoms with Crippen LogP contribution in [-0.4, -0.2) is 25.5 Å². The maximum Gasteiger partial charge on any atom is 0.416 e. The van der Waals surface area contributed by atoms with E-state index in [0.717, 1.165) is 40.9 Å². The van der Waals surface area contributed by atoms with Gasteiger partial charge in [0, 0.05) is 48.0 Å². The van der Waals surface area contributed by atoms with Crippen LogP contribution < -0.4 is 20.7 Å². The lowest BCUT2D eigenvalue weighted by molar-refractivity contribution is -0.137. The van der Waals surface area contributed by atoms with Gasteiger partial charge >= 0.3 is 6.18 Å². The van der Waals surface area contributed by atoms with Crippen LogP contribution >= 0.6 is 23.2 Å². The second-order valence-corrected chi connectivity index (χ2v) is 13.9.